The van der Waals surface area contributed by atoms with Crippen LogP contribution in [-0.4, -0.2) is 57.8 Å². The SMILES string of the molecule is CC(C)(C)OC(=O)N1C2CCC1C(COc1c(Cl)c(Br)c(F)c3nc[nH]c(=O)c13)NC2. The number of aromatic nitrogens is 2. The van der Waals surface area contributed by atoms with Crippen molar-refractivity contribution in [3.63, 3.8) is 0 Å². The van der Waals surface area contributed by atoms with Crippen LogP contribution in [0.15, 0.2) is 15.6 Å². The van der Waals surface area contributed by atoms with Crippen molar-refractivity contribution in [2.45, 2.75) is 57.3 Å². The molecule has 2 fully saturated rings. The maximum absolute atomic E-state index is 14.5. The number of fused-ring (bicyclic) bond motifs is 3. The van der Waals surface area contributed by atoms with E-state index in [4.69, 9.17) is 21.1 Å². The maximum Gasteiger partial charge on any atom is 0.410 e. The quantitative estimate of drug-likeness (QED) is 0.604. The molecule has 2 N–H and O–H groups in total. The van der Waals surface area contributed by atoms with Crippen molar-refractivity contribution < 1.29 is 18.7 Å². The number of aromatic amines is 1. The Kier molecular flexibility index (Phi) is 5.91. The van der Waals surface area contributed by atoms with Gasteiger partial charge in [0.15, 0.2) is 11.6 Å². The van der Waals surface area contributed by atoms with E-state index in [0.717, 1.165) is 19.2 Å². The van der Waals surface area contributed by atoms with Crippen molar-refractivity contribution in [3.8, 4) is 5.75 Å². The van der Waals surface area contributed by atoms with Crippen molar-refractivity contribution in [2.24, 2.45) is 0 Å². The number of nitrogens with zero attached hydrogens (tertiary/aromatic N) is 2. The van der Waals surface area contributed by atoms with E-state index in [1.54, 1.807) is 4.90 Å². The van der Waals surface area contributed by atoms with Gasteiger partial charge in [-0.1, -0.05) is 11.6 Å². The first-order valence-corrected chi connectivity index (χ1v) is 11.2. The Morgan fingerprint density at radius 2 is 2.16 bits per heavy atom. The van der Waals surface area contributed by atoms with E-state index in [1.165, 1.54) is 0 Å². The lowest BCUT2D eigenvalue weighted by atomic mass is 10.1. The number of H-pyrrole nitrogens is 1. The van der Waals surface area contributed by atoms with Crippen molar-refractivity contribution in [1.82, 2.24) is 20.2 Å². The normalized spacial score (nSPS) is 23.3. The van der Waals surface area contributed by atoms with Crippen molar-refractivity contribution in [2.75, 3.05) is 13.2 Å². The third kappa shape index (κ3) is 4.12. The molecule has 3 atom stereocenters. The zero-order valence-corrected chi connectivity index (χ0v) is 19.6. The smallest absolute Gasteiger partial charge is 0.410 e. The number of nitrogens with one attached hydrogen (secondary N) is 2. The van der Waals surface area contributed by atoms with Crippen LogP contribution < -0.4 is 15.6 Å². The molecule has 2 bridgehead atoms. The Morgan fingerprint density at radius 3 is 2.87 bits per heavy atom. The van der Waals surface area contributed by atoms with Crippen LogP contribution in [0.2, 0.25) is 5.02 Å². The average Bonchev–Trinajstić information content (AvgIpc) is 3.01. The van der Waals surface area contributed by atoms with Gasteiger partial charge >= 0.3 is 6.09 Å². The van der Waals surface area contributed by atoms with E-state index in [1.807, 2.05) is 20.8 Å². The molecule has 0 spiro atoms. The number of piperazine rings is 1. The van der Waals surface area contributed by atoms with Crippen LogP contribution >= 0.6 is 27.5 Å². The summed E-state index contributed by atoms with van der Waals surface area (Å²) in [6.07, 6.45) is 2.44. The van der Waals surface area contributed by atoms with Crippen LogP contribution in [0.3, 0.4) is 0 Å². The van der Waals surface area contributed by atoms with Gasteiger partial charge in [-0.05, 0) is 49.5 Å². The summed E-state index contributed by atoms with van der Waals surface area (Å²) in [4.78, 5) is 33.3. The molecule has 2 aliphatic heterocycles. The lowest BCUT2D eigenvalue weighted by Crippen LogP contribution is -2.61. The van der Waals surface area contributed by atoms with Gasteiger partial charge < -0.3 is 19.8 Å². The molecule has 2 aliphatic rings. The van der Waals surface area contributed by atoms with Crippen molar-refractivity contribution in [3.05, 3.63) is 32.0 Å². The summed E-state index contributed by atoms with van der Waals surface area (Å²) in [5, 5.41) is 3.30. The lowest BCUT2D eigenvalue weighted by molar-refractivity contribution is 0.00125. The number of benzene rings is 1. The summed E-state index contributed by atoms with van der Waals surface area (Å²) in [6.45, 7) is 6.23. The molecule has 31 heavy (non-hydrogen) atoms. The molecule has 1 aromatic carbocycles. The molecule has 0 aliphatic carbocycles. The van der Waals surface area contributed by atoms with Gasteiger partial charge in [-0.15, -0.1) is 0 Å². The van der Waals surface area contributed by atoms with Gasteiger partial charge in [0.1, 0.15) is 28.1 Å². The number of carbonyl (C=O) groups excluding carboxylic acids is 1. The highest BCUT2D eigenvalue weighted by Crippen LogP contribution is 2.40. The summed E-state index contributed by atoms with van der Waals surface area (Å²) in [6, 6.07) is -0.275. The van der Waals surface area contributed by atoms with Gasteiger partial charge in [-0.2, -0.15) is 0 Å². The van der Waals surface area contributed by atoms with Crippen LogP contribution in [0, 0.1) is 5.82 Å². The largest absolute Gasteiger partial charge is 0.489 e. The minimum Gasteiger partial charge on any atom is -0.489 e. The molecule has 11 heteroatoms. The number of carbonyl (C=O) groups is 1. The lowest BCUT2D eigenvalue weighted by Gasteiger charge is -2.41. The molecule has 4 rings (SSSR count). The second-order valence-corrected chi connectivity index (χ2v) is 9.91. The third-order valence-corrected chi connectivity index (χ3v) is 6.84. The predicted molar refractivity (Wildman–Crippen MR) is 117 cm³/mol. The first-order chi connectivity index (χ1) is 14.6. The Labute approximate surface area is 191 Å². The molecule has 8 nitrogen and oxygen atoms in total. The van der Waals surface area contributed by atoms with E-state index in [0.29, 0.717) is 6.54 Å². The van der Waals surface area contributed by atoms with Crippen LogP contribution in [0.4, 0.5) is 9.18 Å². The highest BCUT2D eigenvalue weighted by molar-refractivity contribution is 9.10. The number of halogens is 3. The summed E-state index contributed by atoms with van der Waals surface area (Å²) >= 11 is 9.41. The van der Waals surface area contributed by atoms with Crippen LogP contribution in [0.5, 0.6) is 5.75 Å². The Bertz CT molecular complexity index is 1090. The highest BCUT2D eigenvalue weighted by atomic mass is 79.9. The Balaban J connectivity index is 1.60. The molecule has 1 aromatic heterocycles. The van der Waals surface area contributed by atoms with Gasteiger partial charge in [-0.3, -0.25) is 9.69 Å². The molecular weight excluding hydrogens is 495 g/mol. The molecule has 0 saturated carbocycles. The number of ether oxygens (including phenoxy) is 2. The fraction of sp³-hybridized carbons (Fsp3) is 0.550. The van der Waals surface area contributed by atoms with E-state index in [9.17, 15) is 14.0 Å². The molecule has 168 valence electrons. The Hall–Kier alpha value is -1.91. The zero-order valence-electron chi connectivity index (χ0n) is 17.3. The van der Waals surface area contributed by atoms with Crippen LogP contribution in [0.25, 0.3) is 10.9 Å². The molecule has 3 unspecified atom stereocenters. The monoisotopic (exact) mass is 516 g/mol. The van der Waals surface area contributed by atoms with Crippen molar-refractivity contribution in [1.29, 1.82) is 0 Å². The van der Waals surface area contributed by atoms with E-state index < -0.39 is 17.0 Å². The van der Waals surface area contributed by atoms with Crippen LogP contribution in [-0.2, 0) is 4.74 Å². The van der Waals surface area contributed by atoms with Crippen molar-refractivity contribution >= 4 is 44.5 Å². The topological polar surface area (TPSA) is 96.5 Å². The summed E-state index contributed by atoms with van der Waals surface area (Å²) in [5.41, 5.74) is -1.28. The molecule has 3 heterocycles. The Morgan fingerprint density at radius 1 is 1.42 bits per heavy atom. The first kappa shape index (κ1) is 22.3. The van der Waals surface area contributed by atoms with E-state index in [2.05, 4.69) is 31.2 Å². The molecule has 2 aromatic rings. The van der Waals surface area contributed by atoms with Gasteiger partial charge in [0.05, 0.1) is 22.9 Å². The zero-order chi connectivity index (χ0) is 22.5. The van der Waals surface area contributed by atoms with Gasteiger partial charge in [0, 0.05) is 12.6 Å². The van der Waals surface area contributed by atoms with E-state index >= 15 is 0 Å². The summed E-state index contributed by atoms with van der Waals surface area (Å²) in [7, 11) is 0. The fourth-order valence-electron chi connectivity index (χ4n) is 4.20. The standard InChI is InChI=1S/C20H23BrClFN4O4/c1-20(2,3)31-19(29)27-9-4-5-11(27)10(24-6-9)7-30-17-12-16(25-8-26-18(12)28)15(23)13(21)14(17)22/h8-11,24H,4-7H2,1-3H3,(H,25,26,28). The second-order valence-electron chi connectivity index (χ2n) is 8.74. The third-order valence-electron chi connectivity index (χ3n) is 5.51. The molecule has 1 amide bonds. The van der Waals surface area contributed by atoms with E-state index in [-0.39, 0.29) is 57.0 Å². The summed E-state index contributed by atoms with van der Waals surface area (Å²) in [5.74, 6) is -0.686. The highest BCUT2D eigenvalue weighted by Gasteiger charge is 2.46. The minimum atomic E-state index is -0.732. The number of amides is 1. The second kappa shape index (κ2) is 8.22. The van der Waals surface area contributed by atoms with Gasteiger partial charge in [0.25, 0.3) is 5.56 Å². The van der Waals surface area contributed by atoms with Gasteiger partial charge in [-0.25, -0.2) is 14.2 Å². The minimum absolute atomic E-state index is 0.0253. The number of rotatable bonds is 3. The molecular formula is C20H23BrClFN4O4. The fourth-order valence-corrected chi connectivity index (χ4v) is 4.80. The van der Waals surface area contributed by atoms with Crippen LogP contribution in [0.1, 0.15) is 33.6 Å². The van der Waals surface area contributed by atoms with Gasteiger partial charge in [0.2, 0.25) is 0 Å². The summed E-state index contributed by atoms with van der Waals surface area (Å²) < 4.78 is 26.1. The predicted octanol–water partition coefficient (Wildman–Crippen LogP) is 3.60. The number of hydrogen-bond donors (Lipinski definition) is 2. The maximum atomic E-state index is 14.5. The molecule has 2 saturated heterocycles. The first-order valence-electron chi connectivity index (χ1n) is 10.00. The average molecular weight is 518 g/mol. The molecule has 0 radical (unpaired) electrons. The number of hydrogen-bond acceptors (Lipinski definition) is 6.